The van der Waals surface area contributed by atoms with Crippen molar-refractivity contribution in [2.45, 2.75) is 90.8 Å². The van der Waals surface area contributed by atoms with Gasteiger partial charge in [-0.3, -0.25) is 9.32 Å². The predicted molar refractivity (Wildman–Crippen MR) is 151 cm³/mol. The Balaban J connectivity index is 4.62. The van der Waals surface area contributed by atoms with E-state index in [1.54, 1.807) is 6.92 Å². The summed E-state index contributed by atoms with van der Waals surface area (Å²) in [5.74, 6) is 31.7. The molecule has 0 radical (unpaired) electrons. The highest BCUT2D eigenvalue weighted by Gasteiger charge is 2.24. The Morgan fingerprint density at radius 2 is 1.12 bits per heavy atom. The van der Waals surface area contributed by atoms with E-state index < -0.39 is 32.7 Å². The first kappa shape index (κ1) is 36.0. The normalized spacial score (nSPS) is 9.60. The van der Waals surface area contributed by atoms with E-state index in [0.29, 0.717) is 6.42 Å². The van der Waals surface area contributed by atoms with Gasteiger partial charge in [0.05, 0.1) is 0 Å². The highest BCUT2D eigenvalue weighted by atomic mass is 31.2. The zero-order chi connectivity index (χ0) is 29.7. The van der Waals surface area contributed by atoms with Gasteiger partial charge in [-0.1, -0.05) is 70.6 Å². The molecular formula is C31H33O8P. The number of phosphoric ester groups is 1. The molecule has 0 aromatic carbocycles. The molecule has 2 N–H and O–H groups in total. The standard InChI is InChI=1S/C31H33O8P/c1-3-5-7-9-11-13-15-16-17-19-21-23-25-27-30(33)39-31(28-37-40(34,35)36)38-29(32)26-24-22-20-18-14-12-10-8-6-4-2/h31H,4,6,8,10,12,14,18,20,22,24,26,28H2,1-2H3,(H2,34,35,36)/t31-/m0/s1. The molecule has 0 unspecified atom stereocenters. The molecule has 210 valence electrons. The van der Waals surface area contributed by atoms with Gasteiger partial charge in [0, 0.05) is 12.3 Å². The van der Waals surface area contributed by atoms with Crippen LogP contribution in [0.5, 0.6) is 0 Å². The molecule has 0 saturated carbocycles. The largest absolute Gasteiger partial charge is 0.469 e. The van der Waals surface area contributed by atoms with Crippen LogP contribution in [0.25, 0.3) is 0 Å². The molecule has 0 spiro atoms. The predicted octanol–water partition coefficient (Wildman–Crippen LogP) is 3.86. The van der Waals surface area contributed by atoms with Crippen LogP contribution in [0.2, 0.25) is 0 Å². The van der Waals surface area contributed by atoms with Gasteiger partial charge in [0.2, 0.25) is 0 Å². The summed E-state index contributed by atoms with van der Waals surface area (Å²) in [7, 11) is -4.89. The summed E-state index contributed by atoms with van der Waals surface area (Å²) in [5.41, 5.74) is 0. The molecule has 0 aliphatic rings. The molecule has 0 heterocycles. The Bertz CT molecular complexity index is 1290. The minimum atomic E-state index is -4.89. The first-order chi connectivity index (χ1) is 19.3. The number of esters is 2. The van der Waals surface area contributed by atoms with Gasteiger partial charge in [-0.25, -0.2) is 9.36 Å². The van der Waals surface area contributed by atoms with Crippen LogP contribution in [0.4, 0.5) is 0 Å². The van der Waals surface area contributed by atoms with Crippen molar-refractivity contribution in [1.29, 1.82) is 0 Å². The van der Waals surface area contributed by atoms with E-state index in [0.717, 1.165) is 19.3 Å². The monoisotopic (exact) mass is 564 g/mol. The number of hydrogen-bond donors (Lipinski definition) is 2. The van der Waals surface area contributed by atoms with Crippen molar-refractivity contribution in [2.75, 3.05) is 6.61 Å². The lowest BCUT2D eigenvalue weighted by molar-refractivity contribution is -0.189. The molecule has 0 aromatic rings. The Labute approximate surface area is 237 Å². The van der Waals surface area contributed by atoms with Gasteiger partial charge in [-0.05, 0) is 84.4 Å². The topological polar surface area (TPSA) is 119 Å². The summed E-state index contributed by atoms with van der Waals surface area (Å²) in [4.78, 5) is 41.8. The zero-order valence-corrected chi connectivity index (χ0v) is 23.7. The second-order valence-electron chi connectivity index (χ2n) is 7.92. The molecule has 9 heteroatoms. The van der Waals surface area contributed by atoms with Crippen molar-refractivity contribution in [3.63, 3.8) is 0 Å². The summed E-state index contributed by atoms with van der Waals surface area (Å²) in [5, 5.41) is 0. The summed E-state index contributed by atoms with van der Waals surface area (Å²) in [6.45, 7) is 2.98. The summed E-state index contributed by atoms with van der Waals surface area (Å²) >= 11 is 0. The van der Waals surface area contributed by atoms with Crippen molar-refractivity contribution in [3.8, 4) is 82.9 Å². The molecule has 0 fully saturated rings. The molecule has 0 saturated heterocycles. The fourth-order valence-corrected chi connectivity index (χ4v) is 3.13. The lowest BCUT2D eigenvalue weighted by Gasteiger charge is -2.17. The SMILES string of the molecule is CC#CC#CC#CC#CC#CC#CC#CC(=O)O[C@@H](COP(=O)(O)O)OC(=O)CCCCCCCCCCCC. The van der Waals surface area contributed by atoms with Crippen molar-refractivity contribution < 1.29 is 37.9 Å². The number of unbranched alkanes of at least 4 members (excludes halogenated alkanes) is 9. The highest BCUT2D eigenvalue weighted by Crippen LogP contribution is 2.36. The molecular weight excluding hydrogens is 531 g/mol. The van der Waals surface area contributed by atoms with E-state index >= 15 is 0 Å². The number of carbonyl (C=O) groups excluding carboxylic acids is 2. The Hall–Kier alpha value is -4.03. The Kier molecular flexibility index (Phi) is 22.7. The van der Waals surface area contributed by atoms with Gasteiger partial charge in [-0.2, -0.15) is 0 Å². The maximum Gasteiger partial charge on any atom is 0.469 e. The fourth-order valence-electron chi connectivity index (χ4n) is 2.82. The molecule has 0 aromatic heterocycles. The summed E-state index contributed by atoms with van der Waals surface area (Å²) in [6.07, 6.45) is 9.27. The molecule has 0 aliphatic carbocycles. The molecule has 0 aliphatic heterocycles. The van der Waals surface area contributed by atoms with Crippen molar-refractivity contribution in [2.24, 2.45) is 0 Å². The molecule has 40 heavy (non-hydrogen) atoms. The molecule has 0 rings (SSSR count). The minimum Gasteiger partial charge on any atom is -0.422 e. The second-order valence-corrected chi connectivity index (χ2v) is 9.16. The second kappa shape index (κ2) is 25.3. The minimum absolute atomic E-state index is 0.0612. The number of rotatable bonds is 16. The first-order valence-electron chi connectivity index (χ1n) is 12.8. The third-order valence-corrected chi connectivity index (χ3v) is 5.08. The van der Waals surface area contributed by atoms with Crippen LogP contribution in [0, 0.1) is 82.9 Å². The smallest absolute Gasteiger partial charge is 0.422 e. The molecule has 0 amide bonds. The van der Waals surface area contributed by atoms with Crippen molar-refractivity contribution in [1.82, 2.24) is 0 Å². The first-order valence-corrected chi connectivity index (χ1v) is 14.3. The van der Waals surface area contributed by atoms with Gasteiger partial charge in [-0.15, -0.1) is 0 Å². The molecule has 0 bridgehead atoms. The van der Waals surface area contributed by atoms with Gasteiger partial charge in [0.25, 0.3) is 6.29 Å². The Morgan fingerprint density at radius 1 is 0.675 bits per heavy atom. The number of carbonyl (C=O) groups is 2. The zero-order valence-electron chi connectivity index (χ0n) is 22.9. The van der Waals surface area contributed by atoms with E-state index in [9.17, 15) is 14.2 Å². The van der Waals surface area contributed by atoms with Crippen LogP contribution in [0.3, 0.4) is 0 Å². The lowest BCUT2D eigenvalue weighted by atomic mass is 10.1. The van der Waals surface area contributed by atoms with Crippen LogP contribution in [0.1, 0.15) is 84.5 Å². The van der Waals surface area contributed by atoms with Crippen LogP contribution < -0.4 is 0 Å². The quantitative estimate of drug-likeness (QED) is 0.0725. The van der Waals surface area contributed by atoms with E-state index in [4.69, 9.17) is 19.3 Å². The van der Waals surface area contributed by atoms with Gasteiger partial charge in [0.15, 0.2) is 0 Å². The van der Waals surface area contributed by atoms with Gasteiger partial charge < -0.3 is 19.3 Å². The average molecular weight is 565 g/mol. The maximum atomic E-state index is 12.1. The van der Waals surface area contributed by atoms with Crippen LogP contribution in [-0.2, 0) is 28.2 Å². The average Bonchev–Trinajstić information content (AvgIpc) is 2.90. The number of ether oxygens (including phenoxy) is 2. The third kappa shape index (κ3) is 27.0. The summed E-state index contributed by atoms with van der Waals surface area (Å²) < 4.78 is 25.1. The van der Waals surface area contributed by atoms with E-state index in [2.05, 4.69) is 88.4 Å². The summed E-state index contributed by atoms with van der Waals surface area (Å²) in [6, 6.07) is 0. The lowest BCUT2D eigenvalue weighted by Crippen LogP contribution is -2.28. The molecule has 1 atom stereocenters. The number of hydrogen-bond acceptors (Lipinski definition) is 6. The van der Waals surface area contributed by atoms with E-state index in [1.807, 2.05) is 5.92 Å². The van der Waals surface area contributed by atoms with Crippen LogP contribution in [-0.4, -0.2) is 34.6 Å². The third-order valence-electron chi connectivity index (χ3n) is 4.59. The van der Waals surface area contributed by atoms with E-state index in [-0.39, 0.29) is 6.42 Å². The van der Waals surface area contributed by atoms with E-state index in [1.165, 1.54) is 38.5 Å². The fraction of sp³-hybridized carbons (Fsp3) is 0.484. The van der Waals surface area contributed by atoms with Crippen LogP contribution in [0.15, 0.2) is 0 Å². The Morgan fingerprint density at radius 3 is 1.60 bits per heavy atom. The van der Waals surface area contributed by atoms with Gasteiger partial charge in [0.1, 0.15) is 6.61 Å². The van der Waals surface area contributed by atoms with Crippen LogP contribution >= 0.6 is 7.82 Å². The number of phosphoric acid groups is 1. The van der Waals surface area contributed by atoms with Gasteiger partial charge >= 0.3 is 19.8 Å². The molecule has 8 nitrogen and oxygen atoms in total. The van der Waals surface area contributed by atoms with Crippen molar-refractivity contribution >= 4 is 19.8 Å². The maximum absolute atomic E-state index is 12.1. The van der Waals surface area contributed by atoms with Crippen molar-refractivity contribution in [3.05, 3.63) is 0 Å². The highest BCUT2D eigenvalue weighted by molar-refractivity contribution is 7.46.